The van der Waals surface area contributed by atoms with E-state index in [9.17, 15) is 4.79 Å². The van der Waals surface area contributed by atoms with E-state index in [0.717, 1.165) is 11.3 Å². The number of nitrogens with one attached hydrogen (secondary N) is 1. The Kier molecular flexibility index (Phi) is 4.99. The lowest BCUT2D eigenvalue weighted by Gasteiger charge is -2.13. The van der Waals surface area contributed by atoms with Crippen LogP contribution in [0.3, 0.4) is 0 Å². The minimum absolute atomic E-state index is 0.147. The fourth-order valence-corrected chi connectivity index (χ4v) is 2.58. The number of hydrogen-bond acceptors (Lipinski definition) is 4. The molecule has 1 aromatic heterocycles. The zero-order valence-electron chi connectivity index (χ0n) is 14.1. The van der Waals surface area contributed by atoms with E-state index in [1.807, 2.05) is 36.5 Å². The van der Waals surface area contributed by atoms with Crippen LogP contribution >= 0.6 is 0 Å². The van der Waals surface area contributed by atoms with Crippen molar-refractivity contribution in [3.05, 3.63) is 66.5 Å². The highest BCUT2D eigenvalue weighted by Crippen LogP contribution is 2.25. The number of anilines is 1. The average Bonchev–Trinajstić information content (AvgIpc) is 3.16. The van der Waals surface area contributed by atoms with Crippen molar-refractivity contribution in [3.8, 4) is 17.2 Å². The zero-order chi connectivity index (χ0) is 17.6. The van der Waals surface area contributed by atoms with E-state index in [0.29, 0.717) is 17.2 Å². The lowest BCUT2D eigenvalue weighted by atomic mass is 10.1. The van der Waals surface area contributed by atoms with E-state index in [1.54, 1.807) is 43.3 Å². The number of carbonyl (C=O) groups is 1. The molecule has 3 aromatic rings. The van der Waals surface area contributed by atoms with Gasteiger partial charge in [0.2, 0.25) is 5.91 Å². The van der Waals surface area contributed by atoms with Crippen molar-refractivity contribution in [2.75, 3.05) is 19.5 Å². The lowest BCUT2D eigenvalue weighted by molar-refractivity contribution is -0.115. The second kappa shape index (κ2) is 7.53. The molecule has 3 rings (SSSR count). The van der Waals surface area contributed by atoms with Gasteiger partial charge in [0.1, 0.15) is 11.5 Å². The van der Waals surface area contributed by atoms with Gasteiger partial charge in [-0.3, -0.25) is 4.79 Å². The molecule has 1 N–H and O–H groups in total. The standard InChI is InChI=1S/C19H19N3O3/c1-24-15-8-9-18(25-2)14(12-15)13-19(23)21-16-6-3-4-7-17(16)22-11-5-10-20-22/h3-12H,13H2,1-2H3,(H,21,23). The molecule has 0 aliphatic rings. The molecular formula is C19H19N3O3. The summed E-state index contributed by atoms with van der Waals surface area (Å²) in [7, 11) is 3.17. The molecule has 128 valence electrons. The van der Waals surface area contributed by atoms with Crippen molar-refractivity contribution in [2.24, 2.45) is 0 Å². The average molecular weight is 337 g/mol. The topological polar surface area (TPSA) is 65.4 Å². The first-order chi connectivity index (χ1) is 12.2. The minimum atomic E-state index is -0.147. The van der Waals surface area contributed by atoms with Crippen molar-refractivity contribution in [1.29, 1.82) is 0 Å². The number of amides is 1. The third-order valence-corrected chi connectivity index (χ3v) is 3.77. The molecule has 0 radical (unpaired) electrons. The van der Waals surface area contributed by atoms with Crippen LogP contribution in [0.5, 0.6) is 11.5 Å². The van der Waals surface area contributed by atoms with E-state index in [-0.39, 0.29) is 12.3 Å². The van der Waals surface area contributed by atoms with E-state index in [4.69, 9.17) is 9.47 Å². The Morgan fingerprint density at radius 2 is 1.96 bits per heavy atom. The van der Waals surface area contributed by atoms with Crippen LogP contribution in [-0.2, 0) is 11.2 Å². The highest BCUT2D eigenvalue weighted by molar-refractivity contribution is 5.94. The largest absolute Gasteiger partial charge is 0.497 e. The first-order valence-corrected chi connectivity index (χ1v) is 7.81. The quantitative estimate of drug-likeness (QED) is 0.751. The van der Waals surface area contributed by atoms with Crippen LogP contribution in [0.1, 0.15) is 5.56 Å². The molecule has 6 nitrogen and oxygen atoms in total. The number of aromatic nitrogens is 2. The molecule has 0 fully saturated rings. The molecule has 0 aliphatic carbocycles. The Balaban J connectivity index is 1.80. The molecule has 2 aromatic carbocycles. The van der Waals surface area contributed by atoms with Crippen LogP contribution in [-0.4, -0.2) is 29.9 Å². The molecule has 0 spiro atoms. The molecular weight excluding hydrogens is 318 g/mol. The number of benzene rings is 2. The molecule has 0 atom stereocenters. The Bertz CT molecular complexity index is 860. The van der Waals surface area contributed by atoms with Crippen LogP contribution in [0.2, 0.25) is 0 Å². The van der Waals surface area contributed by atoms with Gasteiger partial charge in [-0.25, -0.2) is 4.68 Å². The molecule has 0 saturated carbocycles. The van der Waals surface area contributed by atoms with Crippen LogP contribution < -0.4 is 14.8 Å². The first-order valence-electron chi connectivity index (χ1n) is 7.81. The molecule has 1 heterocycles. The fourth-order valence-electron chi connectivity index (χ4n) is 2.58. The van der Waals surface area contributed by atoms with Crippen molar-refractivity contribution >= 4 is 11.6 Å². The van der Waals surface area contributed by atoms with E-state index >= 15 is 0 Å². The van der Waals surface area contributed by atoms with Gasteiger partial charge >= 0.3 is 0 Å². The fraction of sp³-hybridized carbons (Fsp3) is 0.158. The molecule has 0 aliphatic heterocycles. The summed E-state index contributed by atoms with van der Waals surface area (Å²) in [6.07, 6.45) is 3.70. The Morgan fingerprint density at radius 1 is 1.12 bits per heavy atom. The van der Waals surface area contributed by atoms with Gasteiger partial charge in [-0.1, -0.05) is 12.1 Å². The number of rotatable bonds is 6. The van der Waals surface area contributed by atoms with Crippen LogP contribution in [0.15, 0.2) is 60.9 Å². The number of carbonyl (C=O) groups excluding carboxylic acids is 1. The molecule has 1 amide bonds. The summed E-state index contributed by atoms with van der Waals surface area (Å²) in [5.74, 6) is 1.18. The number of nitrogens with zero attached hydrogens (tertiary/aromatic N) is 2. The number of hydrogen-bond donors (Lipinski definition) is 1. The molecule has 6 heteroatoms. The van der Waals surface area contributed by atoms with Gasteiger partial charge in [0.15, 0.2) is 0 Å². The van der Waals surface area contributed by atoms with Gasteiger partial charge < -0.3 is 14.8 Å². The highest BCUT2D eigenvalue weighted by Gasteiger charge is 2.12. The maximum absolute atomic E-state index is 12.5. The maximum atomic E-state index is 12.5. The van der Waals surface area contributed by atoms with Crippen molar-refractivity contribution in [2.45, 2.75) is 6.42 Å². The second-order valence-corrected chi connectivity index (χ2v) is 5.37. The third kappa shape index (κ3) is 3.80. The molecule has 0 saturated heterocycles. The Hall–Kier alpha value is -3.28. The second-order valence-electron chi connectivity index (χ2n) is 5.37. The van der Waals surface area contributed by atoms with Gasteiger partial charge in [0, 0.05) is 18.0 Å². The lowest BCUT2D eigenvalue weighted by Crippen LogP contribution is -2.16. The summed E-state index contributed by atoms with van der Waals surface area (Å²) in [6.45, 7) is 0. The van der Waals surface area contributed by atoms with E-state index in [1.165, 1.54) is 0 Å². The van der Waals surface area contributed by atoms with Gasteiger partial charge in [0.25, 0.3) is 0 Å². The van der Waals surface area contributed by atoms with E-state index < -0.39 is 0 Å². The van der Waals surface area contributed by atoms with Gasteiger partial charge in [0.05, 0.1) is 32.0 Å². The number of ether oxygens (including phenoxy) is 2. The minimum Gasteiger partial charge on any atom is -0.497 e. The van der Waals surface area contributed by atoms with Gasteiger partial charge in [-0.2, -0.15) is 5.10 Å². The molecule has 0 unspecified atom stereocenters. The summed E-state index contributed by atoms with van der Waals surface area (Å²) in [5, 5.41) is 7.16. The normalized spacial score (nSPS) is 10.3. The monoisotopic (exact) mass is 337 g/mol. The molecule has 0 bridgehead atoms. The van der Waals surface area contributed by atoms with Crippen LogP contribution in [0.4, 0.5) is 5.69 Å². The maximum Gasteiger partial charge on any atom is 0.228 e. The predicted molar refractivity (Wildman–Crippen MR) is 95.4 cm³/mol. The summed E-state index contributed by atoms with van der Waals surface area (Å²) < 4.78 is 12.3. The number of methoxy groups -OCH3 is 2. The molecule has 25 heavy (non-hydrogen) atoms. The SMILES string of the molecule is COc1ccc(OC)c(CC(=O)Nc2ccccc2-n2cccn2)c1. The van der Waals surface area contributed by atoms with Crippen molar-refractivity contribution in [3.63, 3.8) is 0 Å². The highest BCUT2D eigenvalue weighted by atomic mass is 16.5. The number of para-hydroxylation sites is 2. The van der Waals surface area contributed by atoms with Crippen LogP contribution in [0.25, 0.3) is 5.69 Å². The first kappa shape index (κ1) is 16.6. The van der Waals surface area contributed by atoms with Gasteiger partial charge in [-0.05, 0) is 36.4 Å². The summed E-state index contributed by atoms with van der Waals surface area (Å²) in [6, 6.07) is 14.7. The van der Waals surface area contributed by atoms with E-state index in [2.05, 4.69) is 10.4 Å². The summed E-state index contributed by atoms with van der Waals surface area (Å²) in [5.41, 5.74) is 2.26. The Labute approximate surface area is 146 Å². The van der Waals surface area contributed by atoms with Crippen molar-refractivity contribution < 1.29 is 14.3 Å². The third-order valence-electron chi connectivity index (χ3n) is 3.77. The zero-order valence-corrected chi connectivity index (χ0v) is 14.1. The Morgan fingerprint density at radius 3 is 2.68 bits per heavy atom. The van der Waals surface area contributed by atoms with Gasteiger partial charge in [-0.15, -0.1) is 0 Å². The van der Waals surface area contributed by atoms with Crippen molar-refractivity contribution in [1.82, 2.24) is 9.78 Å². The summed E-state index contributed by atoms with van der Waals surface area (Å²) >= 11 is 0. The summed E-state index contributed by atoms with van der Waals surface area (Å²) in [4.78, 5) is 12.5. The smallest absolute Gasteiger partial charge is 0.228 e. The predicted octanol–water partition coefficient (Wildman–Crippen LogP) is 3.07. The van der Waals surface area contributed by atoms with Crippen LogP contribution in [0, 0.1) is 0 Å².